The van der Waals surface area contributed by atoms with Crippen LogP contribution < -0.4 is 5.32 Å². The normalized spacial score (nSPS) is 12.3. The summed E-state index contributed by atoms with van der Waals surface area (Å²) < 4.78 is 2.13. The van der Waals surface area contributed by atoms with Gasteiger partial charge in [-0.15, -0.1) is 21.5 Å². The Hall–Kier alpha value is -2.19. The van der Waals surface area contributed by atoms with Gasteiger partial charge in [-0.05, 0) is 18.4 Å². The Morgan fingerprint density at radius 2 is 2.00 bits per heavy atom. The van der Waals surface area contributed by atoms with Gasteiger partial charge in [0, 0.05) is 24.5 Å². The zero-order chi connectivity index (χ0) is 19.2. The lowest BCUT2D eigenvalue weighted by molar-refractivity contribution is -0.115. The highest BCUT2D eigenvalue weighted by Crippen LogP contribution is 2.25. The third kappa shape index (κ3) is 5.40. The topological polar surface area (TPSA) is 72.7 Å². The fourth-order valence-corrected chi connectivity index (χ4v) is 3.98. The van der Waals surface area contributed by atoms with E-state index >= 15 is 0 Å². The van der Waals surface area contributed by atoms with Crippen LogP contribution in [0.15, 0.2) is 47.1 Å². The van der Waals surface area contributed by atoms with Crippen molar-refractivity contribution in [1.82, 2.24) is 19.7 Å². The molecule has 2 heterocycles. The molecule has 1 N–H and O–H groups in total. The standard InChI is InChI=1S/C19H23N5OS2/c1-13(2)12-24-16(11-15-7-5-4-6-8-15)22-23-19(24)27-14(3)17(25)21-18-20-9-10-26-18/h4-10,13-14H,11-12H2,1-3H3,(H,20,21,25). The van der Waals surface area contributed by atoms with E-state index < -0.39 is 0 Å². The molecule has 1 aromatic carbocycles. The molecule has 142 valence electrons. The quantitative estimate of drug-likeness (QED) is 0.575. The van der Waals surface area contributed by atoms with E-state index in [2.05, 4.69) is 51.0 Å². The number of anilines is 1. The van der Waals surface area contributed by atoms with Gasteiger partial charge in [0.25, 0.3) is 0 Å². The van der Waals surface area contributed by atoms with Crippen LogP contribution in [-0.2, 0) is 17.8 Å². The number of thioether (sulfide) groups is 1. The van der Waals surface area contributed by atoms with Crippen molar-refractivity contribution in [2.75, 3.05) is 5.32 Å². The van der Waals surface area contributed by atoms with Gasteiger partial charge < -0.3 is 9.88 Å². The molecule has 0 saturated carbocycles. The molecular formula is C19H23N5OS2. The second-order valence-electron chi connectivity index (χ2n) is 6.65. The van der Waals surface area contributed by atoms with Crippen molar-refractivity contribution < 1.29 is 4.79 Å². The molecule has 0 aliphatic rings. The number of hydrogen-bond donors (Lipinski definition) is 1. The molecule has 1 atom stereocenters. The summed E-state index contributed by atoms with van der Waals surface area (Å²) in [5.74, 6) is 1.29. The Morgan fingerprint density at radius 3 is 2.67 bits per heavy atom. The predicted molar refractivity (Wildman–Crippen MR) is 110 cm³/mol. The first kappa shape index (κ1) is 19.6. The maximum Gasteiger partial charge on any atom is 0.239 e. The average molecular weight is 402 g/mol. The van der Waals surface area contributed by atoms with Crippen molar-refractivity contribution in [2.24, 2.45) is 5.92 Å². The first-order valence-electron chi connectivity index (χ1n) is 8.86. The number of nitrogens with one attached hydrogen (secondary N) is 1. The molecule has 3 rings (SSSR count). The third-order valence-electron chi connectivity index (χ3n) is 3.86. The van der Waals surface area contributed by atoms with Gasteiger partial charge >= 0.3 is 0 Å². The molecule has 0 saturated heterocycles. The van der Waals surface area contributed by atoms with Crippen LogP contribution >= 0.6 is 23.1 Å². The van der Waals surface area contributed by atoms with Crippen molar-refractivity contribution in [2.45, 2.75) is 44.1 Å². The molecule has 1 unspecified atom stereocenters. The molecule has 0 radical (unpaired) electrons. The molecule has 8 heteroatoms. The summed E-state index contributed by atoms with van der Waals surface area (Å²) in [7, 11) is 0. The highest BCUT2D eigenvalue weighted by Gasteiger charge is 2.21. The summed E-state index contributed by atoms with van der Waals surface area (Å²) >= 11 is 2.83. The van der Waals surface area contributed by atoms with Crippen LogP contribution in [0.5, 0.6) is 0 Å². The van der Waals surface area contributed by atoms with Crippen molar-refractivity contribution in [3.05, 3.63) is 53.3 Å². The van der Waals surface area contributed by atoms with Gasteiger partial charge in [-0.25, -0.2) is 4.98 Å². The summed E-state index contributed by atoms with van der Waals surface area (Å²) in [4.78, 5) is 16.5. The number of amides is 1. The van der Waals surface area contributed by atoms with E-state index in [1.54, 1.807) is 6.20 Å². The van der Waals surface area contributed by atoms with Crippen LogP contribution in [0.4, 0.5) is 5.13 Å². The lowest BCUT2D eigenvalue weighted by Crippen LogP contribution is -2.23. The average Bonchev–Trinajstić information content (AvgIpc) is 3.27. The fourth-order valence-electron chi connectivity index (χ4n) is 2.57. The number of carbonyl (C=O) groups excluding carboxylic acids is 1. The number of aromatic nitrogens is 4. The van der Waals surface area contributed by atoms with E-state index in [9.17, 15) is 4.79 Å². The highest BCUT2D eigenvalue weighted by atomic mass is 32.2. The molecule has 0 aliphatic carbocycles. The number of thiazole rings is 1. The van der Waals surface area contributed by atoms with E-state index in [0.717, 1.165) is 23.9 Å². The Bertz CT molecular complexity index is 862. The summed E-state index contributed by atoms with van der Waals surface area (Å²) in [6.07, 6.45) is 2.40. The van der Waals surface area contributed by atoms with E-state index in [1.165, 1.54) is 28.7 Å². The molecule has 0 fully saturated rings. The summed E-state index contributed by atoms with van der Waals surface area (Å²) in [6, 6.07) is 10.2. The second-order valence-corrected chi connectivity index (χ2v) is 8.85. The highest BCUT2D eigenvalue weighted by molar-refractivity contribution is 8.00. The summed E-state index contributed by atoms with van der Waals surface area (Å²) in [5.41, 5.74) is 1.20. The molecule has 27 heavy (non-hydrogen) atoms. The maximum atomic E-state index is 12.4. The van der Waals surface area contributed by atoms with Crippen LogP contribution in [0.25, 0.3) is 0 Å². The molecule has 2 aromatic heterocycles. The molecule has 0 bridgehead atoms. The fraction of sp³-hybridized carbons (Fsp3) is 0.368. The van der Waals surface area contributed by atoms with E-state index in [4.69, 9.17) is 0 Å². The molecule has 0 spiro atoms. The predicted octanol–water partition coefficient (Wildman–Crippen LogP) is 4.10. The second kappa shape index (κ2) is 9.14. The molecule has 3 aromatic rings. The number of nitrogens with zero attached hydrogens (tertiary/aromatic N) is 4. The Morgan fingerprint density at radius 1 is 1.22 bits per heavy atom. The molecule has 1 amide bonds. The van der Waals surface area contributed by atoms with Crippen LogP contribution in [0.2, 0.25) is 0 Å². The smallest absolute Gasteiger partial charge is 0.239 e. The van der Waals surface area contributed by atoms with E-state index in [0.29, 0.717) is 11.0 Å². The minimum Gasteiger partial charge on any atom is -0.305 e. The molecule has 0 aliphatic heterocycles. The van der Waals surface area contributed by atoms with Crippen molar-refractivity contribution in [1.29, 1.82) is 0 Å². The van der Waals surface area contributed by atoms with Crippen LogP contribution in [0.3, 0.4) is 0 Å². The number of benzene rings is 1. The van der Waals surface area contributed by atoms with E-state index in [-0.39, 0.29) is 11.2 Å². The third-order valence-corrected chi connectivity index (χ3v) is 5.63. The van der Waals surface area contributed by atoms with Gasteiger partial charge in [-0.3, -0.25) is 4.79 Å². The van der Waals surface area contributed by atoms with Gasteiger partial charge in [0.15, 0.2) is 10.3 Å². The lowest BCUT2D eigenvalue weighted by Gasteiger charge is -2.14. The van der Waals surface area contributed by atoms with Gasteiger partial charge in [-0.2, -0.15) is 0 Å². The van der Waals surface area contributed by atoms with Crippen LogP contribution in [0.1, 0.15) is 32.2 Å². The first-order valence-corrected chi connectivity index (χ1v) is 10.6. The van der Waals surface area contributed by atoms with Gasteiger partial charge in [0.2, 0.25) is 5.91 Å². The molecular weight excluding hydrogens is 378 g/mol. The minimum atomic E-state index is -0.298. The van der Waals surface area contributed by atoms with Crippen molar-refractivity contribution in [3.63, 3.8) is 0 Å². The summed E-state index contributed by atoms with van der Waals surface area (Å²) in [5, 5.41) is 14.5. The lowest BCUT2D eigenvalue weighted by atomic mass is 10.1. The van der Waals surface area contributed by atoms with Gasteiger partial charge in [-0.1, -0.05) is 55.9 Å². The Kier molecular flexibility index (Phi) is 6.63. The summed E-state index contributed by atoms with van der Waals surface area (Å²) in [6.45, 7) is 7.02. The van der Waals surface area contributed by atoms with Crippen molar-refractivity contribution in [3.8, 4) is 0 Å². The van der Waals surface area contributed by atoms with Crippen molar-refractivity contribution >= 4 is 34.1 Å². The van der Waals surface area contributed by atoms with Crippen LogP contribution in [0, 0.1) is 5.92 Å². The largest absolute Gasteiger partial charge is 0.305 e. The van der Waals surface area contributed by atoms with Gasteiger partial charge in [0.1, 0.15) is 5.82 Å². The zero-order valence-electron chi connectivity index (χ0n) is 15.6. The zero-order valence-corrected chi connectivity index (χ0v) is 17.3. The SMILES string of the molecule is CC(C)Cn1c(Cc2ccccc2)nnc1SC(C)C(=O)Nc1nccs1. The first-order chi connectivity index (χ1) is 13.0. The Balaban J connectivity index is 1.74. The van der Waals surface area contributed by atoms with Crippen LogP contribution in [-0.4, -0.2) is 30.9 Å². The number of rotatable bonds is 8. The van der Waals surface area contributed by atoms with Gasteiger partial charge in [0.05, 0.1) is 5.25 Å². The minimum absolute atomic E-state index is 0.0846. The Labute approximate surface area is 167 Å². The molecule has 6 nitrogen and oxygen atoms in total. The number of carbonyl (C=O) groups is 1. The van der Waals surface area contributed by atoms with E-state index in [1.807, 2.05) is 30.5 Å². The number of hydrogen-bond acceptors (Lipinski definition) is 6. The monoisotopic (exact) mass is 401 g/mol. The maximum absolute atomic E-state index is 12.4.